The average molecular weight is 230 g/mol. The summed E-state index contributed by atoms with van der Waals surface area (Å²) in [6, 6.07) is 8.63. The summed E-state index contributed by atoms with van der Waals surface area (Å²) >= 11 is 0. The van der Waals surface area contributed by atoms with Gasteiger partial charge in [-0.15, -0.1) is 0 Å². The molecule has 0 radical (unpaired) electrons. The Kier molecular flexibility index (Phi) is 3.59. The van der Waals surface area contributed by atoms with Gasteiger partial charge < -0.3 is 9.73 Å². The van der Waals surface area contributed by atoms with Crippen molar-refractivity contribution in [3.63, 3.8) is 0 Å². The van der Waals surface area contributed by atoms with Crippen molar-refractivity contribution in [2.45, 2.75) is 26.3 Å². The zero-order chi connectivity index (χ0) is 12.3. The second-order valence-corrected chi connectivity index (χ2v) is 4.34. The SMILES string of the molecule is CNC(C)c1coc(Cc2cccc(C)c2)n1. The van der Waals surface area contributed by atoms with Gasteiger partial charge in [-0.1, -0.05) is 29.8 Å². The van der Waals surface area contributed by atoms with E-state index in [2.05, 4.69) is 48.4 Å². The van der Waals surface area contributed by atoms with Crippen molar-refractivity contribution in [3.05, 3.63) is 53.2 Å². The number of aromatic nitrogens is 1. The Hall–Kier alpha value is -1.61. The van der Waals surface area contributed by atoms with E-state index in [1.807, 2.05) is 7.05 Å². The van der Waals surface area contributed by atoms with Crippen molar-refractivity contribution in [3.8, 4) is 0 Å². The highest BCUT2D eigenvalue weighted by atomic mass is 16.3. The summed E-state index contributed by atoms with van der Waals surface area (Å²) in [5.41, 5.74) is 3.45. The van der Waals surface area contributed by atoms with Crippen molar-refractivity contribution in [1.29, 1.82) is 0 Å². The molecule has 90 valence electrons. The van der Waals surface area contributed by atoms with Crippen LogP contribution in [0.2, 0.25) is 0 Å². The monoisotopic (exact) mass is 230 g/mol. The van der Waals surface area contributed by atoms with E-state index in [1.165, 1.54) is 11.1 Å². The zero-order valence-electron chi connectivity index (χ0n) is 10.5. The first-order chi connectivity index (χ1) is 8.19. The van der Waals surface area contributed by atoms with Crippen LogP contribution >= 0.6 is 0 Å². The lowest BCUT2D eigenvalue weighted by Crippen LogP contribution is -2.12. The molecule has 1 heterocycles. The van der Waals surface area contributed by atoms with Gasteiger partial charge in [0.15, 0.2) is 5.89 Å². The number of oxazole rings is 1. The first kappa shape index (κ1) is 11.9. The Morgan fingerprint density at radius 1 is 1.41 bits per heavy atom. The van der Waals surface area contributed by atoms with Gasteiger partial charge in [-0.25, -0.2) is 4.98 Å². The molecule has 3 heteroatoms. The number of hydrogen-bond acceptors (Lipinski definition) is 3. The van der Waals surface area contributed by atoms with Gasteiger partial charge >= 0.3 is 0 Å². The second-order valence-electron chi connectivity index (χ2n) is 4.34. The molecule has 2 aromatic rings. The van der Waals surface area contributed by atoms with Gasteiger partial charge in [-0.05, 0) is 26.5 Å². The molecule has 0 fully saturated rings. The lowest BCUT2D eigenvalue weighted by Gasteiger charge is -2.03. The third-order valence-corrected chi connectivity index (χ3v) is 2.88. The van der Waals surface area contributed by atoms with Crippen LogP contribution in [0.15, 0.2) is 34.9 Å². The molecule has 2 rings (SSSR count). The molecule has 0 saturated heterocycles. The lowest BCUT2D eigenvalue weighted by atomic mass is 10.1. The minimum atomic E-state index is 0.227. The standard InChI is InChI=1S/C14H18N2O/c1-10-5-4-6-12(7-10)8-14-16-13(9-17-14)11(2)15-3/h4-7,9,11,15H,8H2,1-3H3. The maximum atomic E-state index is 5.48. The zero-order valence-corrected chi connectivity index (χ0v) is 10.5. The molecule has 0 spiro atoms. The molecule has 1 aromatic heterocycles. The van der Waals surface area contributed by atoms with Gasteiger partial charge in [0.05, 0.1) is 5.69 Å². The topological polar surface area (TPSA) is 38.1 Å². The minimum absolute atomic E-state index is 0.227. The second kappa shape index (κ2) is 5.15. The van der Waals surface area contributed by atoms with Crippen LogP contribution in [0.25, 0.3) is 0 Å². The Morgan fingerprint density at radius 2 is 2.24 bits per heavy atom. The molecule has 0 amide bonds. The first-order valence-corrected chi connectivity index (χ1v) is 5.86. The molecular formula is C14H18N2O. The molecule has 0 aliphatic carbocycles. The molecule has 0 aliphatic heterocycles. The molecular weight excluding hydrogens is 212 g/mol. The summed E-state index contributed by atoms with van der Waals surface area (Å²) in [4.78, 5) is 4.48. The van der Waals surface area contributed by atoms with Crippen LogP contribution in [-0.2, 0) is 6.42 Å². The number of nitrogens with one attached hydrogen (secondary N) is 1. The molecule has 17 heavy (non-hydrogen) atoms. The summed E-state index contributed by atoms with van der Waals surface area (Å²) in [6.07, 6.45) is 2.48. The minimum Gasteiger partial charge on any atom is -0.448 e. The number of rotatable bonds is 4. The first-order valence-electron chi connectivity index (χ1n) is 5.86. The van der Waals surface area contributed by atoms with E-state index < -0.39 is 0 Å². The quantitative estimate of drug-likeness (QED) is 0.877. The average Bonchev–Trinajstić information content (AvgIpc) is 2.76. The maximum Gasteiger partial charge on any atom is 0.198 e. The number of benzene rings is 1. The van der Waals surface area contributed by atoms with Gasteiger partial charge in [-0.2, -0.15) is 0 Å². The van der Waals surface area contributed by atoms with Gasteiger partial charge in [0.25, 0.3) is 0 Å². The maximum absolute atomic E-state index is 5.48. The molecule has 3 nitrogen and oxygen atoms in total. The Bertz CT molecular complexity index is 490. The van der Waals surface area contributed by atoms with E-state index in [1.54, 1.807) is 6.26 Å². The van der Waals surface area contributed by atoms with Crippen LogP contribution in [0.3, 0.4) is 0 Å². The van der Waals surface area contributed by atoms with Gasteiger partial charge in [-0.3, -0.25) is 0 Å². The smallest absolute Gasteiger partial charge is 0.198 e. The Balaban J connectivity index is 2.11. The van der Waals surface area contributed by atoms with Crippen molar-refractivity contribution in [2.24, 2.45) is 0 Å². The van der Waals surface area contributed by atoms with E-state index in [9.17, 15) is 0 Å². The molecule has 1 aromatic carbocycles. The summed E-state index contributed by atoms with van der Waals surface area (Å²) in [5.74, 6) is 0.771. The fraction of sp³-hybridized carbons (Fsp3) is 0.357. The lowest BCUT2D eigenvalue weighted by molar-refractivity contribution is 0.505. The predicted octanol–water partition coefficient (Wildman–Crippen LogP) is 2.85. The summed E-state index contributed by atoms with van der Waals surface area (Å²) in [6.45, 7) is 4.15. The van der Waals surface area contributed by atoms with E-state index in [-0.39, 0.29) is 6.04 Å². The summed E-state index contributed by atoms with van der Waals surface area (Å²) in [7, 11) is 1.92. The fourth-order valence-electron chi connectivity index (χ4n) is 1.75. The fourth-order valence-corrected chi connectivity index (χ4v) is 1.75. The van der Waals surface area contributed by atoms with E-state index >= 15 is 0 Å². The molecule has 1 N–H and O–H groups in total. The van der Waals surface area contributed by atoms with Crippen molar-refractivity contribution in [1.82, 2.24) is 10.3 Å². The Labute approximate surface area is 102 Å². The molecule has 0 bridgehead atoms. The normalized spacial score (nSPS) is 12.6. The van der Waals surface area contributed by atoms with Crippen LogP contribution in [0, 0.1) is 6.92 Å². The Morgan fingerprint density at radius 3 is 2.94 bits per heavy atom. The molecule has 0 aliphatic rings. The van der Waals surface area contributed by atoms with Crippen LogP contribution in [-0.4, -0.2) is 12.0 Å². The highest BCUT2D eigenvalue weighted by Crippen LogP contribution is 2.14. The summed E-state index contributed by atoms with van der Waals surface area (Å²) < 4.78 is 5.48. The number of aryl methyl sites for hydroxylation is 1. The van der Waals surface area contributed by atoms with Crippen molar-refractivity contribution < 1.29 is 4.42 Å². The van der Waals surface area contributed by atoms with Crippen LogP contribution in [0.1, 0.15) is 35.7 Å². The van der Waals surface area contributed by atoms with Crippen LogP contribution < -0.4 is 5.32 Å². The molecule has 1 atom stereocenters. The van der Waals surface area contributed by atoms with Crippen LogP contribution in [0.5, 0.6) is 0 Å². The van der Waals surface area contributed by atoms with Gasteiger partial charge in [0.2, 0.25) is 0 Å². The highest BCUT2D eigenvalue weighted by molar-refractivity contribution is 5.24. The third kappa shape index (κ3) is 2.94. The van der Waals surface area contributed by atoms with E-state index in [4.69, 9.17) is 4.42 Å². The third-order valence-electron chi connectivity index (χ3n) is 2.88. The van der Waals surface area contributed by atoms with E-state index in [0.29, 0.717) is 0 Å². The number of hydrogen-bond donors (Lipinski definition) is 1. The van der Waals surface area contributed by atoms with Crippen molar-refractivity contribution >= 4 is 0 Å². The molecule has 1 unspecified atom stereocenters. The largest absolute Gasteiger partial charge is 0.448 e. The highest BCUT2D eigenvalue weighted by Gasteiger charge is 2.09. The van der Waals surface area contributed by atoms with Crippen molar-refractivity contribution in [2.75, 3.05) is 7.05 Å². The predicted molar refractivity (Wildman–Crippen MR) is 68.0 cm³/mol. The van der Waals surface area contributed by atoms with Gasteiger partial charge in [0.1, 0.15) is 6.26 Å². The van der Waals surface area contributed by atoms with Crippen LogP contribution in [0.4, 0.5) is 0 Å². The number of nitrogens with zero attached hydrogens (tertiary/aromatic N) is 1. The molecule has 0 saturated carbocycles. The summed E-state index contributed by atoms with van der Waals surface area (Å²) in [5, 5.41) is 3.15. The van der Waals surface area contributed by atoms with Gasteiger partial charge in [0, 0.05) is 12.5 Å². The van der Waals surface area contributed by atoms with E-state index in [0.717, 1.165) is 18.0 Å².